The number of carboxylic acids is 1. The molecule has 98 valence electrons. The van der Waals surface area contributed by atoms with Gasteiger partial charge in [0.05, 0.1) is 5.41 Å². The third-order valence-corrected chi connectivity index (χ3v) is 3.94. The molecule has 18 heavy (non-hydrogen) atoms. The van der Waals surface area contributed by atoms with E-state index < -0.39 is 11.4 Å². The van der Waals surface area contributed by atoms with E-state index in [0.717, 1.165) is 0 Å². The number of carboxylic acid groups (broad SMARTS) is 1. The molecule has 0 aromatic heterocycles. The zero-order valence-electron chi connectivity index (χ0n) is 9.79. The van der Waals surface area contributed by atoms with Gasteiger partial charge in [-0.2, -0.15) is 0 Å². The fraction of sp³-hybridized carbons (Fsp3) is 0.462. The first kappa shape index (κ1) is 13.5. The molecule has 1 aromatic carbocycles. The maximum atomic E-state index is 13.8. The zero-order valence-corrected chi connectivity index (χ0v) is 11.4. The summed E-state index contributed by atoms with van der Waals surface area (Å²) in [6, 6.07) is 4.73. The van der Waals surface area contributed by atoms with Gasteiger partial charge in [-0.1, -0.05) is 22.0 Å². The molecule has 3 nitrogen and oxygen atoms in total. The van der Waals surface area contributed by atoms with Crippen LogP contribution < -0.4 is 0 Å². The van der Waals surface area contributed by atoms with Gasteiger partial charge in [-0.15, -0.1) is 0 Å². The van der Waals surface area contributed by atoms with E-state index in [9.17, 15) is 14.3 Å². The summed E-state index contributed by atoms with van der Waals surface area (Å²) in [4.78, 5) is 11.5. The third kappa shape index (κ3) is 2.72. The van der Waals surface area contributed by atoms with Crippen LogP contribution in [0, 0.1) is 11.2 Å². The molecule has 0 radical (unpaired) electrons. The number of aliphatic carboxylic acids is 1. The van der Waals surface area contributed by atoms with Gasteiger partial charge in [0.25, 0.3) is 0 Å². The van der Waals surface area contributed by atoms with Gasteiger partial charge in [0.1, 0.15) is 5.82 Å². The highest BCUT2D eigenvalue weighted by molar-refractivity contribution is 9.10. The van der Waals surface area contributed by atoms with Crippen molar-refractivity contribution in [2.45, 2.75) is 19.3 Å². The van der Waals surface area contributed by atoms with Gasteiger partial charge in [0.15, 0.2) is 0 Å². The van der Waals surface area contributed by atoms with Crippen molar-refractivity contribution in [3.05, 3.63) is 34.1 Å². The summed E-state index contributed by atoms with van der Waals surface area (Å²) in [5.74, 6) is -1.23. The summed E-state index contributed by atoms with van der Waals surface area (Å²) in [7, 11) is 0. The molecule has 5 heteroatoms. The second kappa shape index (κ2) is 5.36. The summed E-state index contributed by atoms with van der Waals surface area (Å²) in [6.45, 7) is 0.842. The van der Waals surface area contributed by atoms with Gasteiger partial charge >= 0.3 is 5.97 Å². The molecule has 1 saturated heterocycles. The van der Waals surface area contributed by atoms with E-state index in [1.54, 1.807) is 12.1 Å². The summed E-state index contributed by atoms with van der Waals surface area (Å²) in [6.07, 6.45) is 1.07. The number of halogens is 2. The fourth-order valence-corrected chi connectivity index (χ4v) is 2.59. The Morgan fingerprint density at radius 2 is 2.11 bits per heavy atom. The van der Waals surface area contributed by atoms with E-state index in [0.29, 0.717) is 36.1 Å². The predicted molar refractivity (Wildman–Crippen MR) is 67.9 cm³/mol. The summed E-state index contributed by atoms with van der Waals surface area (Å²) in [5.41, 5.74) is -0.449. The number of ether oxygens (including phenoxy) is 1. The maximum absolute atomic E-state index is 13.8. The zero-order chi connectivity index (χ0) is 13.2. The van der Waals surface area contributed by atoms with Crippen molar-refractivity contribution in [3.8, 4) is 0 Å². The normalized spacial score (nSPS) is 18.6. The molecule has 1 aliphatic heterocycles. The van der Waals surface area contributed by atoms with Gasteiger partial charge < -0.3 is 9.84 Å². The Morgan fingerprint density at radius 1 is 1.44 bits per heavy atom. The minimum atomic E-state index is -0.896. The van der Waals surface area contributed by atoms with Crippen LogP contribution in [0.1, 0.15) is 18.4 Å². The van der Waals surface area contributed by atoms with Crippen LogP contribution >= 0.6 is 15.9 Å². The van der Waals surface area contributed by atoms with Crippen LogP contribution in [0.2, 0.25) is 0 Å². The fourth-order valence-electron chi connectivity index (χ4n) is 2.26. The molecule has 1 heterocycles. The predicted octanol–water partition coefficient (Wildman–Crippen LogP) is 3.01. The third-order valence-electron chi connectivity index (χ3n) is 3.45. The number of hydrogen-bond donors (Lipinski definition) is 1. The van der Waals surface area contributed by atoms with Gasteiger partial charge in [0, 0.05) is 17.7 Å². The van der Waals surface area contributed by atoms with E-state index in [4.69, 9.17) is 4.74 Å². The number of rotatable bonds is 3. The molecule has 0 aliphatic carbocycles. The van der Waals surface area contributed by atoms with Crippen molar-refractivity contribution in [1.82, 2.24) is 0 Å². The maximum Gasteiger partial charge on any atom is 0.310 e. The average Bonchev–Trinajstić information content (AvgIpc) is 2.34. The molecule has 1 N–H and O–H groups in total. The Labute approximate surface area is 113 Å². The quantitative estimate of drug-likeness (QED) is 0.932. The van der Waals surface area contributed by atoms with E-state index in [-0.39, 0.29) is 12.2 Å². The van der Waals surface area contributed by atoms with Crippen molar-refractivity contribution < 1.29 is 19.0 Å². The number of benzene rings is 1. The number of carbonyl (C=O) groups is 1. The lowest BCUT2D eigenvalue weighted by molar-refractivity contribution is -0.154. The van der Waals surface area contributed by atoms with E-state index >= 15 is 0 Å². The lowest BCUT2D eigenvalue weighted by atomic mass is 9.75. The smallest absolute Gasteiger partial charge is 0.310 e. The van der Waals surface area contributed by atoms with Crippen LogP contribution in [0.5, 0.6) is 0 Å². The topological polar surface area (TPSA) is 46.5 Å². The first-order valence-corrected chi connectivity index (χ1v) is 6.58. The van der Waals surface area contributed by atoms with Gasteiger partial charge in [-0.3, -0.25) is 4.79 Å². The second-order valence-corrected chi connectivity index (χ2v) is 5.53. The van der Waals surface area contributed by atoms with Crippen molar-refractivity contribution in [2.24, 2.45) is 5.41 Å². The Balaban J connectivity index is 2.26. The molecule has 0 amide bonds. The van der Waals surface area contributed by atoms with Crippen LogP contribution in [0.4, 0.5) is 4.39 Å². The van der Waals surface area contributed by atoms with Crippen LogP contribution in [-0.4, -0.2) is 24.3 Å². The lowest BCUT2D eigenvalue weighted by Crippen LogP contribution is -2.39. The van der Waals surface area contributed by atoms with Crippen LogP contribution in [0.25, 0.3) is 0 Å². The number of hydrogen-bond acceptors (Lipinski definition) is 2. The Bertz CT molecular complexity index is 456. The molecule has 1 fully saturated rings. The van der Waals surface area contributed by atoms with Crippen molar-refractivity contribution >= 4 is 21.9 Å². The molecule has 0 atom stereocenters. The van der Waals surface area contributed by atoms with E-state index in [2.05, 4.69) is 15.9 Å². The monoisotopic (exact) mass is 316 g/mol. The molecule has 0 bridgehead atoms. The Kier molecular flexibility index (Phi) is 4.02. The molecule has 0 unspecified atom stereocenters. The van der Waals surface area contributed by atoms with Crippen LogP contribution in [-0.2, 0) is 16.0 Å². The highest BCUT2D eigenvalue weighted by atomic mass is 79.9. The molecule has 2 rings (SSSR count). The summed E-state index contributed by atoms with van der Waals surface area (Å²) in [5, 5.41) is 9.41. The summed E-state index contributed by atoms with van der Waals surface area (Å²) >= 11 is 3.19. The van der Waals surface area contributed by atoms with Crippen molar-refractivity contribution in [3.63, 3.8) is 0 Å². The molecule has 1 aromatic rings. The first-order valence-electron chi connectivity index (χ1n) is 5.79. The lowest BCUT2D eigenvalue weighted by Gasteiger charge is -2.33. The highest BCUT2D eigenvalue weighted by Gasteiger charge is 2.40. The van der Waals surface area contributed by atoms with Crippen molar-refractivity contribution in [1.29, 1.82) is 0 Å². The van der Waals surface area contributed by atoms with Crippen molar-refractivity contribution in [2.75, 3.05) is 13.2 Å². The molecule has 0 spiro atoms. The largest absolute Gasteiger partial charge is 0.481 e. The highest BCUT2D eigenvalue weighted by Crippen LogP contribution is 2.35. The van der Waals surface area contributed by atoms with Gasteiger partial charge in [0.2, 0.25) is 0 Å². The molecule has 0 saturated carbocycles. The summed E-state index contributed by atoms with van der Waals surface area (Å²) < 4.78 is 19.6. The van der Waals surface area contributed by atoms with Gasteiger partial charge in [-0.05, 0) is 37.0 Å². The minimum absolute atomic E-state index is 0.213. The molecular formula is C13H14BrFO3. The van der Waals surface area contributed by atoms with E-state index in [1.807, 2.05) is 0 Å². The minimum Gasteiger partial charge on any atom is -0.481 e. The van der Waals surface area contributed by atoms with E-state index in [1.165, 1.54) is 6.07 Å². The van der Waals surface area contributed by atoms with Crippen LogP contribution in [0.15, 0.2) is 22.7 Å². The molecular weight excluding hydrogens is 303 g/mol. The Hall–Kier alpha value is -0.940. The SMILES string of the molecule is O=C(O)C1(Cc2ccc(Br)cc2F)CCOCC1. The first-order chi connectivity index (χ1) is 8.53. The molecule has 1 aliphatic rings. The average molecular weight is 317 g/mol. The Morgan fingerprint density at radius 3 is 2.67 bits per heavy atom. The van der Waals surface area contributed by atoms with Crippen LogP contribution in [0.3, 0.4) is 0 Å². The second-order valence-electron chi connectivity index (χ2n) is 4.61. The van der Waals surface area contributed by atoms with Gasteiger partial charge in [-0.25, -0.2) is 4.39 Å². The standard InChI is InChI=1S/C13H14BrFO3/c14-10-2-1-9(11(15)7-10)8-13(12(16)17)3-5-18-6-4-13/h1-2,7H,3-6,8H2,(H,16,17).